The summed E-state index contributed by atoms with van der Waals surface area (Å²) < 4.78 is 0. The molecule has 2 atom stereocenters. The van der Waals surface area contributed by atoms with Crippen molar-refractivity contribution in [1.29, 1.82) is 0 Å². The van der Waals surface area contributed by atoms with Crippen molar-refractivity contribution in [2.24, 2.45) is 11.7 Å². The summed E-state index contributed by atoms with van der Waals surface area (Å²) in [7, 11) is 0. The molecule has 0 fully saturated rings. The smallest absolute Gasteiger partial charge is 0.270 e. The maximum atomic E-state index is 10.7. The van der Waals surface area contributed by atoms with Crippen molar-refractivity contribution in [2.75, 3.05) is 0 Å². The maximum absolute atomic E-state index is 10.7. The first kappa shape index (κ1) is 12.6. The van der Waals surface area contributed by atoms with Crippen LogP contribution in [0.15, 0.2) is 18.2 Å². The summed E-state index contributed by atoms with van der Waals surface area (Å²) in [5.74, 6) is 0.321. The molecule has 1 rings (SSSR count). The summed E-state index contributed by atoms with van der Waals surface area (Å²) in [5, 5.41) is 10.7. The molecule has 0 aliphatic heterocycles. The van der Waals surface area contributed by atoms with Crippen molar-refractivity contribution in [3.05, 3.63) is 39.4 Å². The highest BCUT2D eigenvalue weighted by Gasteiger charge is 2.16. The molecular formula is C12H18N2O2. The van der Waals surface area contributed by atoms with E-state index in [0.29, 0.717) is 5.92 Å². The lowest BCUT2D eigenvalue weighted by atomic mass is 9.92. The second-order valence-electron chi connectivity index (χ2n) is 4.27. The largest absolute Gasteiger partial charge is 0.324 e. The van der Waals surface area contributed by atoms with Crippen LogP contribution >= 0.6 is 0 Å². The van der Waals surface area contributed by atoms with Crippen LogP contribution in [0.2, 0.25) is 0 Å². The molecule has 2 N–H and O–H groups in total. The Bertz CT molecular complexity index is 391. The fourth-order valence-electron chi connectivity index (χ4n) is 1.67. The number of hydrogen-bond donors (Lipinski definition) is 1. The van der Waals surface area contributed by atoms with Gasteiger partial charge < -0.3 is 5.73 Å². The second kappa shape index (κ2) is 5.07. The van der Waals surface area contributed by atoms with Gasteiger partial charge >= 0.3 is 0 Å². The van der Waals surface area contributed by atoms with Crippen LogP contribution in [0.4, 0.5) is 5.69 Å². The number of nitro groups is 1. The van der Waals surface area contributed by atoms with Gasteiger partial charge in [0, 0.05) is 18.2 Å². The average molecular weight is 222 g/mol. The molecule has 0 radical (unpaired) electrons. The first-order valence-corrected chi connectivity index (χ1v) is 5.47. The normalized spacial score (nSPS) is 14.5. The van der Waals surface area contributed by atoms with Gasteiger partial charge in [0.1, 0.15) is 0 Å². The quantitative estimate of drug-likeness (QED) is 0.629. The van der Waals surface area contributed by atoms with E-state index < -0.39 is 0 Å². The Labute approximate surface area is 95.6 Å². The molecule has 2 unspecified atom stereocenters. The Balaban J connectivity index is 3.09. The SMILES string of the molecule is CCC(C)C(N)c1cc(C)cc([N+](=O)[O-])c1. The molecule has 0 aromatic heterocycles. The van der Waals surface area contributed by atoms with Crippen LogP contribution in [-0.2, 0) is 0 Å². The Kier molecular flexibility index (Phi) is 4.01. The van der Waals surface area contributed by atoms with E-state index in [0.717, 1.165) is 17.5 Å². The molecule has 0 amide bonds. The zero-order valence-corrected chi connectivity index (χ0v) is 9.93. The van der Waals surface area contributed by atoms with E-state index in [1.165, 1.54) is 0 Å². The van der Waals surface area contributed by atoms with E-state index >= 15 is 0 Å². The van der Waals surface area contributed by atoms with Gasteiger partial charge in [-0.25, -0.2) is 0 Å². The minimum absolute atomic E-state index is 0.119. The van der Waals surface area contributed by atoms with Gasteiger partial charge in [0.15, 0.2) is 0 Å². The first-order valence-electron chi connectivity index (χ1n) is 5.47. The highest BCUT2D eigenvalue weighted by atomic mass is 16.6. The van der Waals surface area contributed by atoms with Crippen LogP contribution in [-0.4, -0.2) is 4.92 Å². The van der Waals surface area contributed by atoms with Crippen molar-refractivity contribution in [3.63, 3.8) is 0 Å². The van der Waals surface area contributed by atoms with Crippen LogP contribution in [0.5, 0.6) is 0 Å². The summed E-state index contributed by atoms with van der Waals surface area (Å²) in [4.78, 5) is 10.4. The number of benzene rings is 1. The van der Waals surface area contributed by atoms with Gasteiger partial charge in [0.05, 0.1) is 4.92 Å². The average Bonchev–Trinajstić information content (AvgIpc) is 2.26. The standard InChI is InChI=1S/C12H18N2O2/c1-4-9(3)12(13)10-5-8(2)6-11(7-10)14(15)16/h5-7,9,12H,4,13H2,1-3H3. The van der Waals surface area contributed by atoms with E-state index in [-0.39, 0.29) is 16.7 Å². The van der Waals surface area contributed by atoms with Gasteiger partial charge in [-0.05, 0) is 24.0 Å². The number of nitro benzene ring substituents is 1. The molecule has 0 aliphatic rings. The fraction of sp³-hybridized carbons (Fsp3) is 0.500. The molecule has 1 aromatic carbocycles. The molecule has 0 bridgehead atoms. The number of hydrogen-bond acceptors (Lipinski definition) is 3. The lowest BCUT2D eigenvalue weighted by Crippen LogP contribution is -2.18. The maximum Gasteiger partial charge on any atom is 0.270 e. The van der Waals surface area contributed by atoms with Gasteiger partial charge in [-0.1, -0.05) is 26.3 Å². The number of aryl methyl sites for hydroxylation is 1. The Morgan fingerprint density at radius 3 is 2.56 bits per heavy atom. The third-order valence-corrected chi connectivity index (χ3v) is 2.94. The summed E-state index contributed by atoms with van der Waals surface area (Å²) in [6.07, 6.45) is 0.961. The zero-order valence-electron chi connectivity index (χ0n) is 9.93. The fourth-order valence-corrected chi connectivity index (χ4v) is 1.67. The van der Waals surface area contributed by atoms with Gasteiger partial charge in [-0.15, -0.1) is 0 Å². The third kappa shape index (κ3) is 2.79. The molecule has 0 aliphatic carbocycles. The monoisotopic (exact) mass is 222 g/mol. The molecule has 0 heterocycles. The second-order valence-corrected chi connectivity index (χ2v) is 4.27. The number of rotatable bonds is 4. The highest BCUT2D eigenvalue weighted by Crippen LogP contribution is 2.26. The van der Waals surface area contributed by atoms with E-state index in [4.69, 9.17) is 5.73 Å². The van der Waals surface area contributed by atoms with Gasteiger partial charge in [-0.3, -0.25) is 10.1 Å². The minimum Gasteiger partial charge on any atom is -0.324 e. The van der Waals surface area contributed by atoms with E-state index in [2.05, 4.69) is 13.8 Å². The first-order chi connectivity index (χ1) is 7.45. The minimum atomic E-state index is -0.375. The van der Waals surface area contributed by atoms with Crippen molar-refractivity contribution < 1.29 is 4.92 Å². The molecule has 0 spiro atoms. The molecule has 1 aromatic rings. The van der Waals surface area contributed by atoms with Crippen LogP contribution in [0, 0.1) is 23.0 Å². The van der Waals surface area contributed by atoms with Crippen molar-refractivity contribution in [1.82, 2.24) is 0 Å². The van der Waals surface area contributed by atoms with E-state index in [9.17, 15) is 10.1 Å². The summed E-state index contributed by atoms with van der Waals surface area (Å²) in [6, 6.07) is 4.92. The van der Waals surface area contributed by atoms with E-state index in [1.54, 1.807) is 12.1 Å². The topological polar surface area (TPSA) is 69.2 Å². The molecule has 16 heavy (non-hydrogen) atoms. The number of nitrogens with zero attached hydrogens (tertiary/aromatic N) is 1. The molecular weight excluding hydrogens is 204 g/mol. The molecule has 0 saturated heterocycles. The van der Waals surface area contributed by atoms with Gasteiger partial charge in [-0.2, -0.15) is 0 Å². The van der Waals surface area contributed by atoms with Crippen LogP contribution in [0.1, 0.15) is 37.4 Å². The predicted octanol–water partition coefficient (Wildman–Crippen LogP) is 2.95. The van der Waals surface area contributed by atoms with Crippen LogP contribution in [0.3, 0.4) is 0 Å². The lowest BCUT2D eigenvalue weighted by Gasteiger charge is -2.18. The van der Waals surface area contributed by atoms with Gasteiger partial charge in [0.2, 0.25) is 0 Å². The summed E-state index contributed by atoms with van der Waals surface area (Å²) in [6.45, 7) is 5.97. The summed E-state index contributed by atoms with van der Waals surface area (Å²) >= 11 is 0. The van der Waals surface area contributed by atoms with E-state index in [1.807, 2.05) is 13.0 Å². The molecule has 88 valence electrons. The predicted molar refractivity (Wildman–Crippen MR) is 64.2 cm³/mol. The Morgan fingerprint density at radius 2 is 2.06 bits per heavy atom. The van der Waals surface area contributed by atoms with Crippen molar-refractivity contribution >= 4 is 5.69 Å². The van der Waals surface area contributed by atoms with Crippen LogP contribution in [0.25, 0.3) is 0 Å². The Hall–Kier alpha value is -1.42. The molecule has 4 nitrogen and oxygen atoms in total. The highest BCUT2D eigenvalue weighted by molar-refractivity contribution is 5.40. The Morgan fingerprint density at radius 1 is 1.44 bits per heavy atom. The van der Waals surface area contributed by atoms with Gasteiger partial charge in [0.25, 0.3) is 5.69 Å². The van der Waals surface area contributed by atoms with Crippen molar-refractivity contribution in [3.8, 4) is 0 Å². The zero-order chi connectivity index (χ0) is 12.3. The third-order valence-electron chi connectivity index (χ3n) is 2.94. The van der Waals surface area contributed by atoms with Crippen molar-refractivity contribution in [2.45, 2.75) is 33.2 Å². The lowest BCUT2D eigenvalue weighted by molar-refractivity contribution is -0.385. The molecule has 4 heteroatoms. The number of nitrogens with two attached hydrogens (primary N) is 1. The summed E-state index contributed by atoms with van der Waals surface area (Å²) in [5.41, 5.74) is 7.91. The van der Waals surface area contributed by atoms with Crippen LogP contribution < -0.4 is 5.73 Å². The molecule has 0 saturated carbocycles. The number of non-ortho nitro benzene ring substituents is 1.